The summed E-state index contributed by atoms with van der Waals surface area (Å²) in [5.74, 6) is 0.0410. The van der Waals surface area contributed by atoms with Crippen molar-refractivity contribution in [1.82, 2.24) is 14.7 Å². The van der Waals surface area contributed by atoms with Gasteiger partial charge < -0.3 is 10.6 Å². The van der Waals surface area contributed by atoms with Crippen molar-refractivity contribution in [1.29, 1.82) is 0 Å². The molecule has 116 valence electrons. The third-order valence-electron chi connectivity index (χ3n) is 4.37. The lowest BCUT2D eigenvalue weighted by atomic mass is 9.98. The highest BCUT2D eigenvalue weighted by Gasteiger charge is 2.28. The number of likely N-dealkylation sites (tertiary alicyclic amines) is 1. The van der Waals surface area contributed by atoms with Crippen LogP contribution in [0.5, 0.6) is 0 Å². The van der Waals surface area contributed by atoms with E-state index in [4.69, 9.17) is 5.73 Å². The summed E-state index contributed by atoms with van der Waals surface area (Å²) < 4.78 is 1.77. The van der Waals surface area contributed by atoms with Gasteiger partial charge in [-0.2, -0.15) is 5.10 Å². The highest BCUT2D eigenvalue weighted by atomic mass is 16.2. The number of carbonyl (C=O) groups excluding carboxylic acids is 1. The first-order chi connectivity index (χ1) is 10.6. The Labute approximate surface area is 130 Å². The molecule has 5 nitrogen and oxygen atoms in total. The molecule has 1 aliphatic rings. The Morgan fingerprint density at radius 3 is 2.86 bits per heavy atom. The van der Waals surface area contributed by atoms with Crippen molar-refractivity contribution in [3.8, 4) is 5.69 Å². The molecule has 0 aliphatic carbocycles. The molecule has 2 aromatic rings. The van der Waals surface area contributed by atoms with E-state index in [1.807, 2.05) is 42.3 Å². The van der Waals surface area contributed by atoms with Crippen LogP contribution < -0.4 is 5.73 Å². The highest BCUT2D eigenvalue weighted by Crippen LogP contribution is 2.20. The Bertz CT molecular complexity index is 679. The lowest BCUT2D eigenvalue weighted by molar-refractivity contribution is 0.0619. The van der Waals surface area contributed by atoms with E-state index in [0.29, 0.717) is 5.56 Å². The van der Waals surface area contributed by atoms with E-state index in [1.165, 1.54) is 0 Å². The third-order valence-corrected chi connectivity index (χ3v) is 4.37. The summed E-state index contributed by atoms with van der Waals surface area (Å²) >= 11 is 0. The molecule has 3 rings (SSSR count). The van der Waals surface area contributed by atoms with E-state index in [9.17, 15) is 4.79 Å². The Hall–Kier alpha value is -2.14. The predicted octanol–water partition coefficient (Wildman–Crippen LogP) is 2.13. The number of hydrogen-bond acceptors (Lipinski definition) is 3. The number of carbonyl (C=O) groups is 1. The van der Waals surface area contributed by atoms with Crippen LogP contribution in [0, 0.1) is 6.92 Å². The molecule has 2 heterocycles. The summed E-state index contributed by atoms with van der Waals surface area (Å²) in [6.45, 7) is 4.81. The maximum Gasteiger partial charge on any atom is 0.257 e. The average Bonchev–Trinajstić information content (AvgIpc) is 2.97. The predicted molar refractivity (Wildman–Crippen MR) is 86.0 cm³/mol. The number of nitrogens with zero attached hydrogens (tertiary/aromatic N) is 3. The van der Waals surface area contributed by atoms with Crippen LogP contribution in [0.3, 0.4) is 0 Å². The van der Waals surface area contributed by atoms with E-state index in [-0.39, 0.29) is 18.0 Å². The number of benzene rings is 1. The van der Waals surface area contributed by atoms with Gasteiger partial charge in [-0.3, -0.25) is 4.79 Å². The molecule has 1 saturated heterocycles. The van der Waals surface area contributed by atoms with E-state index in [1.54, 1.807) is 10.9 Å². The number of piperidine rings is 1. The number of nitrogens with two attached hydrogens (primary N) is 1. The highest BCUT2D eigenvalue weighted by molar-refractivity contribution is 5.94. The molecule has 2 atom stereocenters. The van der Waals surface area contributed by atoms with Gasteiger partial charge in [-0.25, -0.2) is 4.68 Å². The van der Waals surface area contributed by atoms with Gasteiger partial charge in [0, 0.05) is 24.8 Å². The van der Waals surface area contributed by atoms with Gasteiger partial charge in [0.2, 0.25) is 0 Å². The second-order valence-corrected chi connectivity index (χ2v) is 6.09. The molecule has 1 amide bonds. The molecule has 1 aromatic carbocycles. The van der Waals surface area contributed by atoms with Gasteiger partial charge in [-0.15, -0.1) is 0 Å². The normalized spacial score (nSPS) is 21.9. The number of hydrogen-bond donors (Lipinski definition) is 1. The fraction of sp³-hybridized carbons (Fsp3) is 0.412. The van der Waals surface area contributed by atoms with E-state index < -0.39 is 0 Å². The number of rotatable bonds is 2. The summed E-state index contributed by atoms with van der Waals surface area (Å²) in [7, 11) is 0. The Kier molecular flexibility index (Phi) is 3.98. The molecule has 1 aliphatic heterocycles. The molecular weight excluding hydrogens is 276 g/mol. The molecule has 22 heavy (non-hydrogen) atoms. The first kappa shape index (κ1) is 14.8. The van der Waals surface area contributed by atoms with Gasteiger partial charge in [0.15, 0.2) is 0 Å². The molecule has 0 spiro atoms. The van der Waals surface area contributed by atoms with Gasteiger partial charge in [0.25, 0.3) is 5.91 Å². The van der Waals surface area contributed by atoms with Gasteiger partial charge in [0.1, 0.15) is 0 Å². The Morgan fingerprint density at radius 2 is 2.14 bits per heavy atom. The molecular formula is C17H22N4O. The summed E-state index contributed by atoms with van der Waals surface area (Å²) in [5.41, 5.74) is 8.72. The molecule has 0 saturated carbocycles. The number of para-hydroxylation sites is 1. The van der Waals surface area contributed by atoms with E-state index in [0.717, 1.165) is 30.6 Å². The fourth-order valence-corrected chi connectivity index (χ4v) is 3.06. The lowest BCUT2D eigenvalue weighted by Crippen LogP contribution is -2.48. The minimum Gasteiger partial charge on any atom is -0.336 e. The number of aryl methyl sites for hydroxylation is 1. The first-order valence-corrected chi connectivity index (χ1v) is 7.73. The third kappa shape index (κ3) is 2.76. The van der Waals surface area contributed by atoms with Gasteiger partial charge in [-0.1, -0.05) is 18.2 Å². The molecule has 2 N–H and O–H groups in total. The van der Waals surface area contributed by atoms with Crippen LogP contribution in [0.15, 0.2) is 36.7 Å². The minimum absolute atomic E-state index is 0.0410. The van der Waals surface area contributed by atoms with Crippen LogP contribution in [0.2, 0.25) is 0 Å². The standard InChI is InChI=1S/C17H22N4O/c1-12-5-3-4-6-16(12)21-11-14(10-19-21)17(22)20-8-7-15(18)9-13(20)2/h3-6,10-11,13,15H,7-9,18H2,1-2H3/t13-,15-/m0/s1. The number of amides is 1. The van der Waals surface area contributed by atoms with Crippen molar-refractivity contribution in [2.45, 2.75) is 38.8 Å². The van der Waals surface area contributed by atoms with Crippen LogP contribution in [0.25, 0.3) is 5.69 Å². The fourth-order valence-electron chi connectivity index (χ4n) is 3.06. The summed E-state index contributed by atoms with van der Waals surface area (Å²) in [4.78, 5) is 14.6. The average molecular weight is 298 g/mol. The van der Waals surface area contributed by atoms with Crippen molar-refractivity contribution in [2.24, 2.45) is 5.73 Å². The van der Waals surface area contributed by atoms with Crippen molar-refractivity contribution >= 4 is 5.91 Å². The van der Waals surface area contributed by atoms with Crippen molar-refractivity contribution in [3.05, 3.63) is 47.8 Å². The quantitative estimate of drug-likeness (QED) is 0.924. The zero-order valence-corrected chi connectivity index (χ0v) is 13.1. The molecule has 1 fully saturated rings. The summed E-state index contributed by atoms with van der Waals surface area (Å²) in [6.07, 6.45) is 5.18. The van der Waals surface area contributed by atoms with Crippen LogP contribution in [-0.2, 0) is 0 Å². The van der Waals surface area contributed by atoms with Crippen LogP contribution in [0.4, 0.5) is 0 Å². The molecule has 0 unspecified atom stereocenters. The zero-order valence-electron chi connectivity index (χ0n) is 13.1. The SMILES string of the molecule is Cc1ccccc1-n1cc(C(=O)N2CC[C@H](N)C[C@@H]2C)cn1. The van der Waals surface area contributed by atoms with Crippen molar-refractivity contribution < 1.29 is 4.79 Å². The topological polar surface area (TPSA) is 64.2 Å². The first-order valence-electron chi connectivity index (χ1n) is 7.73. The molecule has 1 aromatic heterocycles. The zero-order chi connectivity index (χ0) is 15.7. The van der Waals surface area contributed by atoms with Crippen LogP contribution in [-0.4, -0.2) is 39.2 Å². The monoisotopic (exact) mass is 298 g/mol. The smallest absolute Gasteiger partial charge is 0.257 e. The Balaban J connectivity index is 1.82. The largest absolute Gasteiger partial charge is 0.336 e. The summed E-state index contributed by atoms with van der Waals surface area (Å²) in [6, 6.07) is 8.38. The number of aromatic nitrogens is 2. The van der Waals surface area contributed by atoms with Gasteiger partial charge >= 0.3 is 0 Å². The molecule has 0 bridgehead atoms. The molecule has 0 radical (unpaired) electrons. The molecule has 5 heteroatoms. The maximum atomic E-state index is 12.7. The van der Waals surface area contributed by atoms with E-state index in [2.05, 4.69) is 12.0 Å². The second kappa shape index (κ2) is 5.93. The van der Waals surface area contributed by atoms with Crippen molar-refractivity contribution in [3.63, 3.8) is 0 Å². The van der Waals surface area contributed by atoms with Crippen LogP contribution >= 0.6 is 0 Å². The van der Waals surface area contributed by atoms with Crippen molar-refractivity contribution in [2.75, 3.05) is 6.54 Å². The van der Waals surface area contributed by atoms with Gasteiger partial charge in [0.05, 0.1) is 17.4 Å². The maximum absolute atomic E-state index is 12.7. The lowest BCUT2D eigenvalue weighted by Gasteiger charge is -2.36. The minimum atomic E-state index is 0.0410. The van der Waals surface area contributed by atoms with E-state index >= 15 is 0 Å². The van der Waals surface area contributed by atoms with Crippen LogP contribution in [0.1, 0.15) is 35.7 Å². The summed E-state index contributed by atoms with van der Waals surface area (Å²) in [5, 5.41) is 4.35. The second-order valence-electron chi connectivity index (χ2n) is 6.09. The van der Waals surface area contributed by atoms with Gasteiger partial charge in [-0.05, 0) is 38.3 Å². The Morgan fingerprint density at radius 1 is 1.36 bits per heavy atom.